The van der Waals surface area contributed by atoms with E-state index in [1.807, 2.05) is 0 Å². The van der Waals surface area contributed by atoms with Crippen LogP contribution in [0, 0.1) is 34.0 Å². The van der Waals surface area contributed by atoms with Crippen molar-refractivity contribution in [3.8, 4) is 0 Å². The number of carbonyl (C=O) groups excluding carboxylic acids is 3. The van der Waals surface area contributed by atoms with E-state index < -0.39 is 36.4 Å². The van der Waals surface area contributed by atoms with Gasteiger partial charge in [0, 0.05) is 0 Å². The molecule has 0 saturated heterocycles. The summed E-state index contributed by atoms with van der Waals surface area (Å²) in [7, 11) is 0. The molecule has 0 aromatic rings. The van der Waals surface area contributed by atoms with Crippen LogP contribution in [-0.2, 0) is 28.6 Å². The fourth-order valence-electron chi connectivity index (χ4n) is 5.46. The fraction of sp³-hybridized carbons (Fsp3) is 0.909. The zero-order chi connectivity index (χ0) is 31.4. The van der Waals surface area contributed by atoms with Crippen molar-refractivity contribution >= 4 is 17.9 Å². The Balaban J connectivity index is 5.16. The molecule has 0 aliphatic heterocycles. The number of hydrogen-bond acceptors (Lipinski definition) is 7. The van der Waals surface area contributed by atoms with Crippen LogP contribution >= 0.6 is 0 Å². The van der Waals surface area contributed by atoms with Gasteiger partial charge in [-0.25, -0.2) is 4.79 Å². The number of ether oxygens (including phenoxy) is 3. The van der Waals surface area contributed by atoms with Gasteiger partial charge in [-0.1, -0.05) is 83.1 Å². The molecule has 0 radical (unpaired) electrons. The molecule has 0 heterocycles. The van der Waals surface area contributed by atoms with Crippen LogP contribution in [-0.4, -0.2) is 48.4 Å². The van der Waals surface area contributed by atoms with E-state index in [1.54, 1.807) is 0 Å². The first-order valence-corrected chi connectivity index (χ1v) is 15.2. The zero-order valence-corrected chi connectivity index (χ0v) is 27.9. The van der Waals surface area contributed by atoms with Gasteiger partial charge >= 0.3 is 17.9 Å². The van der Waals surface area contributed by atoms with Crippen molar-refractivity contribution in [3.05, 3.63) is 0 Å². The van der Waals surface area contributed by atoms with Crippen molar-refractivity contribution in [2.24, 2.45) is 34.0 Å². The largest absolute Gasteiger partial charge is 0.466 e. The lowest BCUT2D eigenvalue weighted by Crippen LogP contribution is -2.45. The van der Waals surface area contributed by atoms with Crippen LogP contribution in [0.25, 0.3) is 0 Å². The number of aliphatic hydroxyl groups is 1. The summed E-state index contributed by atoms with van der Waals surface area (Å²) in [6.07, 6.45) is 3.56. The Morgan fingerprint density at radius 2 is 0.825 bits per heavy atom. The Morgan fingerprint density at radius 1 is 0.550 bits per heavy atom. The van der Waals surface area contributed by atoms with E-state index in [0.29, 0.717) is 37.0 Å². The molecule has 0 fully saturated rings. The number of rotatable bonds is 17. The second-order valence-electron chi connectivity index (χ2n) is 15.9. The molecule has 0 aliphatic carbocycles. The summed E-state index contributed by atoms with van der Waals surface area (Å²) in [5.41, 5.74) is -1.85. The minimum Gasteiger partial charge on any atom is -0.466 e. The molecule has 0 amide bonds. The third-order valence-electron chi connectivity index (χ3n) is 6.73. The van der Waals surface area contributed by atoms with E-state index in [2.05, 4.69) is 83.1 Å². The molecule has 40 heavy (non-hydrogen) atoms. The molecule has 7 heteroatoms. The van der Waals surface area contributed by atoms with Crippen LogP contribution in [0.15, 0.2) is 0 Å². The Labute approximate surface area is 245 Å². The van der Waals surface area contributed by atoms with Gasteiger partial charge < -0.3 is 19.3 Å². The third kappa shape index (κ3) is 20.3. The lowest BCUT2D eigenvalue weighted by molar-refractivity contribution is -0.178. The monoisotopic (exact) mass is 570 g/mol. The first kappa shape index (κ1) is 38.4. The molecule has 0 saturated carbocycles. The molecule has 236 valence electrons. The molecule has 0 aliphatic rings. The van der Waals surface area contributed by atoms with Gasteiger partial charge in [0.25, 0.3) is 0 Å². The average Bonchev–Trinajstić information content (AvgIpc) is 2.69. The highest BCUT2D eigenvalue weighted by atomic mass is 16.6. The van der Waals surface area contributed by atoms with Gasteiger partial charge in [-0.05, 0) is 72.5 Å². The topological polar surface area (TPSA) is 99.1 Å². The van der Waals surface area contributed by atoms with E-state index in [0.717, 1.165) is 19.3 Å². The summed E-state index contributed by atoms with van der Waals surface area (Å²) < 4.78 is 16.1. The highest BCUT2D eigenvalue weighted by Gasteiger charge is 2.43. The molecular weight excluding hydrogens is 508 g/mol. The summed E-state index contributed by atoms with van der Waals surface area (Å²) in [5, 5.41) is 11.2. The van der Waals surface area contributed by atoms with Gasteiger partial charge in [0.2, 0.25) is 0 Å². The van der Waals surface area contributed by atoms with Crippen LogP contribution in [0.4, 0.5) is 0 Å². The van der Waals surface area contributed by atoms with Crippen molar-refractivity contribution in [1.82, 2.24) is 0 Å². The van der Waals surface area contributed by atoms with Crippen molar-refractivity contribution in [2.75, 3.05) is 19.8 Å². The smallest absolute Gasteiger partial charge is 0.339 e. The average molecular weight is 571 g/mol. The number of esters is 3. The SMILES string of the molecule is CC(CCOC(=O)CC(O)(CC(=O)OCCC(C)CC(C)(C)C)C(=O)OCCC(C)CC(C)(C)C)CC(C)(C)C. The van der Waals surface area contributed by atoms with Crippen LogP contribution in [0.1, 0.15) is 134 Å². The Morgan fingerprint density at radius 3 is 1.10 bits per heavy atom. The quantitative estimate of drug-likeness (QED) is 0.143. The van der Waals surface area contributed by atoms with Crippen LogP contribution in [0.5, 0.6) is 0 Å². The lowest BCUT2D eigenvalue weighted by Gasteiger charge is -2.26. The summed E-state index contributed by atoms with van der Waals surface area (Å²) in [6, 6.07) is 0. The van der Waals surface area contributed by atoms with Crippen molar-refractivity contribution in [3.63, 3.8) is 0 Å². The highest BCUT2D eigenvalue weighted by Crippen LogP contribution is 2.28. The molecular formula is C33H62O7. The third-order valence-corrected chi connectivity index (χ3v) is 6.73. The summed E-state index contributed by atoms with van der Waals surface area (Å²) in [4.78, 5) is 38.3. The number of carbonyl (C=O) groups is 3. The fourth-order valence-corrected chi connectivity index (χ4v) is 5.46. The predicted molar refractivity (Wildman–Crippen MR) is 161 cm³/mol. The first-order valence-electron chi connectivity index (χ1n) is 15.2. The van der Waals surface area contributed by atoms with Crippen LogP contribution < -0.4 is 0 Å². The molecule has 3 unspecified atom stereocenters. The maximum Gasteiger partial charge on any atom is 0.339 e. The molecule has 7 nitrogen and oxygen atoms in total. The van der Waals surface area contributed by atoms with Gasteiger partial charge in [0.05, 0.1) is 32.7 Å². The Kier molecular flexibility index (Phi) is 16.0. The van der Waals surface area contributed by atoms with E-state index in [4.69, 9.17) is 14.2 Å². The minimum atomic E-state index is -2.34. The molecule has 0 spiro atoms. The molecule has 0 rings (SSSR count). The van der Waals surface area contributed by atoms with Gasteiger partial charge in [0.15, 0.2) is 5.60 Å². The van der Waals surface area contributed by atoms with Crippen molar-refractivity contribution in [2.45, 2.75) is 140 Å². The maximum absolute atomic E-state index is 13.0. The van der Waals surface area contributed by atoms with Crippen LogP contribution in [0.3, 0.4) is 0 Å². The molecule has 3 atom stereocenters. The Bertz CT molecular complexity index is 725. The second-order valence-corrected chi connectivity index (χ2v) is 15.9. The summed E-state index contributed by atoms with van der Waals surface area (Å²) in [6.45, 7) is 26.2. The minimum absolute atomic E-state index is 0.0944. The number of hydrogen-bond donors (Lipinski definition) is 1. The van der Waals surface area contributed by atoms with Crippen LogP contribution in [0.2, 0.25) is 0 Å². The highest BCUT2D eigenvalue weighted by molar-refractivity contribution is 5.90. The van der Waals surface area contributed by atoms with Gasteiger partial charge in [-0.2, -0.15) is 0 Å². The maximum atomic E-state index is 13.0. The van der Waals surface area contributed by atoms with E-state index >= 15 is 0 Å². The first-order chi connectivity index (χ1) is 18.0. The van der Waals surface area contributed by atoms with Crippen molar-refractivity contribution in [1.29, 1.82) is 0 Å². The molecule has 0 aromatic carbocycles. The Hall–Kier alpha value is -1.63. The van der Waals surface area contributed by atoms with E-state index in [9.17, 15) is 19.5 Å². The van der Waals surface area contributed by atoms with E-state index in [1.165, 1.54) is 0 Å². The molecule has 0 aromatic heterocycles. The zero-order valence-electron chi connectivity index (χ0n) is 27.9. The molecule has 1 N–H and O–H groups in total. The van der Waals surface area contributed by atoms with Gasteiger partial charge in [0.1, 0.15) is 0 Å². The van der Waals surface area contributed by atoms with Gasteiger partial charge in [-0.15, -0.1) is 0 Å². The molecule has 0 bridgehead atoms. The lowest BCUT2D eigenvalue weighted by atomic mass is 9.84. The second kappa shape index (κ2) is 16.7. The summed E-state index contributed by atoms with van der Waals surface area (Å²) >= 11 is 0. The van der Waals surface area contributed by atoms with Gasteiger partial charge in [-0.3, -0.25) is 9.59 Å². The van der Waals surface area contributed by atoms with Crippen molar-refractivity contribution < 1.29 is 33.7 Å². The predicted octanol–water partition coefficient (Wildman–Crippen LogP) is 7.51. The van der Waals surface area contributed by atoms with E-state index in [-0.39, 0.29) is 36.1 Å². The normalized spacial score (nSPS) is 16.4. The standard InChI is InChI=1S/C33H62O7/c1-24(19-30(4,5)6)13-16-38-27(34)22-33(37,29(36)40-18-15-26(3)21-32(10,11)12)23-28(35)39-17-14-25(2)20-31(7,8)9/h24-26,37H,13-23H2,1-12H3. The summed E-state index contributed by atoms with van der Waals surface area (Å²) in [5.74, 6) is -1.47.